The highest BCUT2D eigenvalue weighted by molar-refractivity contribution is 5.98. The Labute approximate surface area is 101 Å². The van der Waals surface area contributed by atoms with E-state index in [-0.39, 0.29) is 24.5 Å². The lowest BCUT2D eigenvalue weighted by atomic mass is 9.93. The maximum Gasteiger partial charge on any atom is 0.303 e. The van der Waals surface area contributed by atoms with Gasteiger partial charge in [0.1, 0.15) is 0 Å². The molecule has 1 atom stereocenters. The molecular weight excluding hydrogens is 216 g/mol. The van der Waals surface area contributed by atoms with Crippen molar-refractivity contribution in [3.63, 3.8) is 0 Å². The number of aliphatic carboxylic acids is 1. The van der Waals surface area contributed by atoms with Crippen LogP contribution in [0.5, 0.6) is 0 Å². The van der Waals surface area contributed by atoms with Crippen molar-refractivity contribution < 1.29 is 14.7 Å². The van der Waals surface area contributed by atoms with Crippen LogP contribution < -0.4 is 0 Å². The van der Waals surface area contributed by atoms with Crippen molar-refractivity contribution in [2.75, 3.05) is 0 Å². The highest BCUT2D eigenvalue weighted by atomic mass is 16.4. The summed E-state index contributed by atoms with van der Waals surface area (Å²) in [5.41, 5.74) is 2.78. The number of carboxylic acids is 1. The molecule has 0 saturated heterocycles. The monoisotopic (exact) mass is 234 g/mol. The van der Waals surface area contributed by atoms with Crippen LogP contribution in [0.15, 0.2) is 18.2 Å². The first-order valence-electron chi connectivity index (χ1n) is 5.73. The van der Waals surface area contributed by atoms with Gasteiger partial charge in [-0.05, 0) is 30.9 Å². The second-order valence-corrected chi connectivity index (χ2v) is 4.58. The Morgan fingerprint density at radius 3 is 2.47 bits per heavy atom. The summed E-state index contributed by atoms with van der Waals surface area (Å²) in [6, 6.07) is 5.63. The summed E-state index contributed by atoms with van der Waals surface area (Å²) >= 11 is 0. The van der Waals surface area contributed by atoms with Crippen molar-refractivity contribution in [1.82, 2.24) is 0 Å². The van der Waals surface area contributed by atoms with Gasteiger partial charge in [0.2, 0.25) is 0 Å². The Hall–Kier alpha value is -1.64. The van der Waals surface area contributed by atoms with Crippen molar-refractivity contribution in [1.29, 1.82) is 0 Å². The molecule has 17 heavy (non-hydrogen) atoms. The summed E-state index contributed by atoms with van der Waals surface area (Å²) in [6.45, 7) is 5.67. The first-order valence-corrected chi connectivity index (χ1v) is 5.73. The molecule has 0 aliphatic carbocycles. The van der Waals surface area contributed by atoms with Crippen molar-refractivity contribution in [2.45, 2.75) is 33.6 Å². The maximum atomic E-state index is 12.0. The Morgan fingerprint density at radius 2 is 1.88 bits per heavy atom. The van der Waals surface area contributed by atoms with E-state index in [0.29, 0.717) is 5.56 Å². The van der Waals surface area contributed by atoms with Crippen LogP contribution in [0.25, 0.3) is 0 Å². The molecular formula is C14H18O3. The molecule has 0 radical (unpaired) electrons. The number of benzene rings is 1. The van der Waals surface area contributed by atoms with Gasteiger partial charge in [0.15, 0.2) is 5.78 Å². The summed E-state index contributed by atoms with van der Waals surface area (Å²) in [5, 5.41) is 8.65. The lowest BCUT2D eigenvalue weighted by Crippen LogP contribution is -2.11. The first-order chi connectivity index (χ1) is 7.91. The van der Waals surface area contributed by atoms with Crippen LogP contribution >= 0.6 is 0 Å². The third kappa shape index (κ3) is 3.70. The van der Waals surface area contributed by atoms with Crippen LogP contribution in [-0.2, 0) is 4.79 Å². The van der Waals surface area contributed by atoms with Gasteiger partial charge in [-0.3, -0.25) is 9.59 Å². The lowest BCUT2D eigenvalue weighted by Gasteiger charge is -2.10. The normalized spacial score (nSPS) is 12.2. The Bertz CT molecular complexity index is 435. The number of carboxylic acid groups (broad SMARTS) is 1. The van der Waals surface area contributed by atoms with Crippen LogP contribution in [0.2, 0.25) is 0 Å². The average molecular weight is 234 g/mol. The molecule has 0 bridgehead atoms. The molecule has 1 rings (SSSR count). The summed E-state index contributed by atoms with van der Waals surface area (Å²) in [4.78, 5) is 22.6. The zero-order valence-electron chi connectivity index (χ0n) is 10.5. The lowest BCUT2D eigenvalue weighted by molar-refractivity contribution is -0.137. The van der Waals surface area contributed by atoms with Crippen molar-refractivity contribution in [3.05, 3.63) is 34.9 Å². The Kier molecular flexibility index (Phi) is 4.44. The molecule has 0 aliphatic heterocycles. The molecule has 1 aromatic rings. The van der Waals surface area contributed by atoms with Crippen molar-refractivity contribution in [3.8, 4) is 0 Å². The maximum absolute atomic E-state index is 12.0. The van der Waals surface area contributed by atoms with Gasteiger partial charge in [-0.1, -0.05) is 25.1 Å². The summed E-state index contributed by atoms with van der Waals surface area (Å²) < 4.78 is 0. The highest BCUT2D eigenvalue weighted by Gasteiger charge is 2.15. The molecule has 3 nitrogen and oxygen atoms in total. The molecule has 0 spiro atoms. The number of aryl methyl sites for hydroxylation is 1. The van der Waals surface area contributed by atoms with Crippen LogP contribution in [0, 0.1) is 19.8 Å². The molecule has 0 unspecified atom stereocenters. The van der Waals surface area contributed by atoms with E-state index in [9.17, 15) is 9.59 Å². The molecule has 0 aliphatic rings. The predicted molar refractivity (Wildman–Crippen MR) is 66.3 cm³/mol. The summed E-state index contributed by atoms with van der Waals surface area (Å²) in [5.74, 6) is -0.953. The Balaban J connectivity index is 2.77. The zero-order chi connectivity index (χ0) is 13.0. The van der Waals surface area contributed by atoms with Gasteiger partial charge in [0.25, 0.3) is 0 Å². The minimum Gasteiger partial charge on any atom is -0.481 e. The van der Waals surface area contributed by atoms with E-state index in [2.05, 4.69) is 0 Å². The third-order valence-corrected chi connectivity index (χ3v) is 2.96. The number of hydrogen-bond acceptors (Lipinski definition) is 2. The SMILES string of the molecule is Cc1cccc(C(=O)C[C@@H](C)CC(=O)O)c1C. The summed E-state index contributed by atoms with van der Waals surface area (Å²) in [6.07, 6.45) is 0.327. The Morgan fingerprint density at radius 1 is 1.24 bits per heavy atom. The second-order valence-electron chi connectivity index (χ2n) is 4.58. The average Bonchev–Trinajstić information content (AvgIpc) is 2.20. The molecule has 92 valence electrons. The van der Waals surface area contributed by atoms with E-state index < -0.39 is 5.97 Å². The fourth-order valence-electron chi connectivity index (χ4n) is 1.85. The quantitative estimate of drug-likeness (QED) is 0.797. The summed E-state index contributed by atoms with van der Waals surface area (Å²) in [7, 11) is 0. The van der Waals surface area contributed by atoms with E-state index in [0.717, 1.165) is 11.1 Å². The minimum absolute atomic E-state index is 0.0277. The predicted octanol–water partition coefficient (Wildman–Crippen LogP) is 2.99. The van der Waals surface area contributed by atoms with Gasteiger partial charge in [-0.25, -0.2) is 0 Å². The molecule has 1 aromatic carbocycles. The second kappa shape index (κ2) is 5.62. The van der Waals surface area contributed by atoms with E-state index in [1.807, 2.05) is 26.0 Å². The van der Waals surface area contributed by atoms with Crippen molar-refractivity contribution >= 4 is 11.8 Å². The van der Waals surface area contributed by atoms with Crippen LogP contribution in [0.1, 0.15) is 41.3 Å². The van der Waals surface area contributed by atoms with Gasteiger partial charge in [0.05, 0.1) is 0 Å². The van der Waals surface area contributed by atoms with E-state index in [1.54, 1.807) is 13.0 Å². The number of rotatable bonds is 5. The number of ketones is 1. The van der Waals surface area contributed by atoms with Gasteiger partial charge >= 0.3 is 5.97 Å². The topological polar surface area (TPSA) is 54.4 Å². The zero-order valence-corrected chi connectivity index (χ0v) is 10.5. The minimum atomic E-state index is -0.855. The third-order valence-electron chi connectivity index (χ3n) is 2.96. The first kappa shape index (κ1) is 13.4. The van der Waals surface area contributed by atoms with E-state index in [1.165, 1.54) is 0 Å². The molecule has 3 heteroatoms. The molecule has 1 N–H and O–H groups in total. The number of carbonyl (C=O) groups excluding carboxylic acids is 1. The molecule has 0 saturated carbocycles. The molecule has 0 aromatic heterocycles. The molecule has 0 fully saturated rings. The molecule has 0 heterocycles. The van der Waals surface area contributed by atoms with Gasteiger partial charge in [-0.15, -0.1) is 0 Å². The van der Waals surface area contributed by atoms with E-state index in [4.69, 9.17) is 5.11 Å². The van der Waals surface area contributed by atoms with Crippen LogP contribution in [-0.4, -0.2) is 16.9 Å². The fraction of sp³-hybridized carbons (Fsp3) is 0.429. The van der Waals surface area contributed by atoms with Gasteiger partial charge in [-0.2, -0.15) is 0 Å². The standard InChI is InChI=1S/C14H18O3/c1-9(8-14(16)17)7-13(15)12-6-4-5-10(2)11(12)3/h4-6,9H,7-8H2,1-3H3,(H,16,17)/t9-/m1/s1. The number of carbonyl (C=O) groups is 2. The van der Waals surface area contributed by atoms with E-state index >= 15 is 0 Å². The number of Topliss-reactive ketones (excluding diaryl/α,β-unsaturated/α-hetero) is 1. The van der Waals surface area contributed by atoms with Crippen LogP contribution in [0.3, 0.4) is 0 Å². The van der Waals surface area contributed by atoms with Crippen LogP contribution in [0.4, 0.5) is 0 Å². The number of hydrogen-bond donors (Lipinski definition) is 1. The fourth-order valence-corrected chi connectivity index (χ4v) is 1.85. The molecule has 0 amide bonds. The van der Waals surface area contributed by atoms with Gasteiger partial charge < -0.3 is 5.11 Å². The van der Waals surface area contributed by atoms with Gasteiger partial charge in [0, 0.05) is 18.4 Å². The highest BCUT2D eigenvalue weighted by Crippen LogP contribution is 2.18. The smallest absolute Gasteiger partial charge is 0.303 e. The largest absolute Gasteiger partial charge is 0.481 e. The van der Waals surface area contributed by atoms with Crippen molar-refractivity contribution in [2.24, 2.45) is 5.92 Å².